The Labute approximate surface area is 174 Å². The van der Waals surface area contributed by atoms with Crippen LogP contribution < -0.4 is 5.32 Å². The number of carbonyl (C=O) groups excluding carboxylic acids is 1. The molecule has 1 N–H and O–H groups in total. The van der Waals surface area contributed by atoms with Gasteiger partial charge in [0.1, 0.15) is 11.5 Å². The topological polar surface area (TPSA) is 63.1 Å². The Kier molecular flexibility index (Phi) is 6.31. The molecule has 0 saturated carbocycles. The Bertz CT molecular complexity index is 820. The number of hydrogen-bond donors (Lipinski definition) is 1. The zero-order valence-electron chi connectivity index (χ0n) is 15.0. The summed E-state index contributed by atoms with van der Waals surface area (Å²) in [6, 6.07) is 6.18. The Hall–Kier alpha value is -1.34. The number of benzene rings is 1. The summed E-state index contributed by atoms with van der Waals surface area (Å²) < 4.78 is 1.60. The number of fused-ring (bicyclic) bond motifs is 2. The largest absolute Gasteiger partial charge is 0.334 e. The summed E-state index contributed by atoms with van der Waals surface area (Å²) in [5.74, 6) is 0.740. The van der Waals surface area contributed by atoms with Crippen LogP contribution in [0.2, 0.25) is 10.0 Å². The average molecular weight is 431 g/mol. The lowest BCUT2D eigenvalue weighted by Crippen LogP contribution is -2.39. The Balaban J connectivity index is 0.00000210. The second-order valence-corrected chi connectivity index (χ2v) is 7.68. The molecule has 27 heavy (non-hydrogen) atoms. The van der Waals surface area contributed by atoms with Crippen molar-refractivity contribution in [3.63, 3.8) is 0 Å². The molecule has 4 rings (SSSR count). The maximum atomic E-state index is 13.0. The molecule has 3 heterocycles. The lowest BCUT2D eigenvalue weighted by molar-refractivity contribution is 0.0736. The zero-order valence-corrected chi connectivity index (χ0v) is 17.3. The number of nitrogens with zero attached hydrogens (tertiary/aromatic N) is 4. The highest BCUT2D eigenvalue weighted by atomic mass is 35.5. The van der Waals surface area contributed by atoms with E-state index in [0.717, 1.165) is 19.4 Å². The second-order valence-electron chi connectivity index (χ2n) is 6.86. The minimum absolute atomic E-state index is 0. The summed E-state index contributed by atoms with van der Waals surface area (Å²) in [7, 11) is 0. The molecule has 2 aliphatic heterocycles. The van der Waals surface area contributed by atoms with Crippen LogP contribution in [0, 0.1) is 0 Å². The van der Waals surface area contributed by atoms with Crippen molar-refractivity contribution in [3.8, 4) is 5.69 Å². The van der Waals surface area contributed by atoms with E-state index in [-0.39, 0.29) is 24.1 Å². The Morgan fingerprint density at radius 2 is 1.93 bits per heavy atom. The van der Waals surface area contributed by atoms with Gasteiger partial charge in [-0.05, 0) is 31.4 Å². The van der Waals surface area contributed by atoms with Crippen molar-refractivity contribution < 1.29 is 4.79 Å². The molecule has 9 heteroatoms. The first kappa shape index (κ1) is 20.4. The van der Waals surface area contributed by atoms with Crippen molar-refractivity contribution in [3.05, 3.63) is 39.9 Å². The van der Waals surface area contributed by atoms with Crippen LogP contribution in [-0.2, 0) is 6.42 Å². The molecule has 6 nitrogen and oxygen atoms in total. The predicted molar refractivity (Wildman–Crippen MR) is 108 cm³/mol. The monoisotopic (exact) mass is 429 g/mol. The normalized spacial score (nSPS) is 21.7. The van der Waals surface area contributed by atoms with Gasteiger partial charge in [-0.1, -0.05) is 36.2 Å². The molecule has 1 amide bonds. The number of nitrogens with one attached hydrogen (secondary N) is 1. The van der Waals surface area contributed by atoms with Gasteiger partial charge in [0.2, 0.25) is 5.82 Å². The number of para-hydroxylation sites is 1. The fourth-order valence-electron chi connectivity index (χ4n) is 3.80. The minimum atomic E-state index is -0.129. The quantitative estimate of drug-likeness (QED) is 0.809. The number of carbonyl (C=O) groups is 1. The van der Waals surface area contributed by atoms with Crippen LogP contribution in [0.3, 0.4) is 0 Å². The van der Waals surface area contributed by atoms with Crippen LogP contribution in [0.15, 0.2) is 18.2 Å². The SMILES string of the molecule is CCc1nc(C(=O)N2CCC3CCC(C2)N3)nn1-c1c(Cl)cccc1Cl.Cl. The molecule has 2 unspecified atom stereocenters. The van der Waals surface area contributed by atoms with Gasteiger partial charge in [-0.15, -0.1) is 17.5 Å². The molecule has 1 aromatic heterocycles. The van der Waals surface area contributed by atoms with Gasteiger partial charge >= 0.3 is 0 Å². The maximum Gasteiger partial charge on any atom is 0.293 e. The zero-order chi connectivity index (χ0) is 18.3. The smallest absolute Gasteiger partial charge is 0.293 e. The molecule has 2 aliphatic rings. The van der Waals surface area contributed by atoms with Crippen LogP contribution in [0.5, 0.6) is 0 Å². The third kappa shape index (κ3) is 3.94. The molecule has 1 aromatic carbocycles. The fraction of sp³-hybridized carbons (Fsp3) is 0.500. The van der Waals surface area contributed by atoms with E-state index in [2.05, 4.69) is 15.4 Å². The molecule has 0 spiro atoms. The van der Waals surface area contributed by atoms with Crippen LogP contribution >= 0.6 is 35.6 Å². The lowest BCUT2D eigenvalue weighted by Gasteiger charge is -2.22. The number of amides is 1. The first-order chi connectivity index (χ1) is 12.6. The lowest BCUT2D eigenvalue weighted by atomic mass is 10.1. The van der Waals surface area contributed by atoms with Crippen molar-refractivity contribution in [2.24, 2.45) is 0 Å². The van der Waals surface area contributed by atoms with E-state index < -0.39 is 0 Å². The molecule has 146 valence electrons. The van der Waals surface area contributed by atoms with Crippen molar-refractivity contribution in [2.75, 3.05) is 13.1 Å². The molecule has 2 bridgehead atoms. The molecule has 0 radical (unpaired) electrons. The summed E-state index contributed by atoms with van der Waals surface area (Å²) >= 11 is 12.6. The number of aryl methyl sites for hydroxylation is 1. The van der Waals surface area contributed by atoms with E-state index in [1.807, 2.05) is 11.8 Å². The van der Waals surface area contributed by atoms with Gasteiger partial charge < -0.3 is 10.2 Å². The number of halogens is 3. The van der Waals surface area contributed by atoms with Crippen LogP contribution in [0.25, 0.3) is 5.69 Å². The third-order valence-electron chi connectivity index (χ3n) is 5.14. The third-order valence-corrected chi connectivity index (χ3v) is 5.75. The summed E-state index contributed by atoms with van der Waals surface area (Å²) in [5, 5.41) is 9.01. The van der Waals surface area contributed by atoms with Gasteiger partial charge in [0.25, 0.3) is 5.91 Å². The summed E-state index contributed by atoms with van der Waals surface area (Å²) in [4.78, 5) is 19.3. The van der Waals surface area contributed by atoms with Crippen molar-refractivity contribution in [1.82, 2.24) is 25.0 Å². The molecule has 2 saturated heterocycles. The summed E-state index contributed by atoms with van der Waals surface area (Å²) in [6.07, 6.45) is 3.91. The predicted octanol–water partition coefficient (Wildman–Crippen LogP) is 3.52. The van der Waals surface area contributed by atoms with Crippen LogP contribution in [-0.4, -0.2) is 50.7 Å². The molecule has 2 fully saturated rings. The van der Waals surface area contributed by atoms with Gasteiger partial charge in [-0.2, -0.15) is 0 Å². The average Bonchev–Trinajstić information content (AvgIpc) is 3.17. The van der Waals surface area contributed by atoms with E-state index in [4.69, 9.17) is 23.2 Å². The van der Waals surface area contributed by atoms with E-state index in [0.29, 0.717) is 46.6 Å². The van der Waals surface area contributed by atoms with Crippen molar-refractivity contribution in [2.45, 2.75) is 44.7 Å². The van der Waals surface area contributed by atoms with Gasteiger partial charge in [0.15, 0.2) is 0 Å². The number of likely N-dealkylation sites (tertiary alicyclic amines) is 1. The fourth-order valence-corrected chi connectivity index (χ4v) is 4.36. The van der Waals surface area contributed by atoms with Crippen molar-refractivity contribution in [1.29, 1.82) is 0 Å². The highest BCUT2D eigenvalue weighted by Crippen LogP contribution is 2.29. The summed E-state index contributed by atoms with van der Waals surface area (Å²) in [6.45, 7) is 3.41. The second kappa shape index (κ2) is 8.35. The van der Waals surface area contributed by atoms with Gasteiger partial charge in [-0.25, -0.2) is 9.67 Å². The van der Waals surface area contributed by atoms with E-state index in [1.165, 1.54) is 6.42 Å². The molecular weight excluding hydrogens is 409 g/mol. The van der Waals surface area contributed by atoms with Gasteiger partial charge in [0.05, 0.1) is 10.0 Å². The number of aromatic nitrogens is 3. The Morgan fingerprint density at radius 1 is 1.22 bits per heavy atom. The Morgan fingerprint density at radius 3 is 2.63 bits per heavy atom. The van der Waals surface area contributed by atoms with Crippen molar-refractivity contribution >= 4 is 41.5 Å². The first-order valence-corrected chi connectivity index (χ1v) is 9.78. The molecule has 0 aliphatic carbocycles. The maximum absolute atomic E-state index is 13.0. The van der Waals surface area contributed by atoms with Gasteiger partial charge in [0, 0.05) is 31.6 Å². The van der Waals surface area contributed by atoms with E-state index in [1.54, 1.807) is 22.9 Å². The first-order valence-electron chi connectivity index (χ1n) is 9.02. The van der Waals surface area contributed by atoms with Crippen LogP contribution in [0.1, 0.15) is 42.6 Å². The van der Waals surface area contributed by atoms with E-state index >= 15 is 0 Å². The number of hydrogen-bond acceptors (Lipinski definition) is 4. The van der Waals surface area contributed by atoms with Gasteiger partial charge in [-0.3, -0.25) is 4.79 Å². The highest BCUT2D eigenvalue weighted by molar-refractivity contribution is 6.37. The molecule has 2 aromatic rings. The number of rotatable bonds is 3. The van der Waals surface area contributed by atoms with Crippen LogP contribution in [0.4, 0.5) is 0 Å². The minimum Gasteiger partial charge on any atom is -0.334 e. The molecular formula is C18H22Cl3N5O. The summed E-state index contributed by atoms with van der Waals surface area (Å²) in [5.41, 5.74) is 0.566. The molecule has 2 atom stereocenters. The highest BCUT2D eigenvalue weighted by Gasteiger charge is 2.33. The standard InChI is InChI=1S/C18H21Cl2N5O.ClH/c1-2-15-22-17(23-25(15)16-13(19)4-3-5-14(16)20)18(26)24-9-8-11-6-7-12(10-24)21-11;/h3-5,11-12,21H,2,6-10H2,1H3;1H. The van der Waals surface area contributed by atoms with E-state index in [9.17, 15) is 4.79 Å².